The Hall–Kier alpha value is -1.98. The number of ether oxygens (including phenoxy) is 1. The zero-order chi connectivity index (χ0) is 16.3. The van der Waals surface area contributed by atoms with Gasteiger partial charge in [0.25, 0.3) is 0 Å². The molecule has 0 unspecified atom stereocenters. The highest BCUT2D eigenvalue weighted by molar-refractivity contribution is 5.81. The van der Waals surface area contributed by atoms with Crippen molar-refractivity contribution in [3.8, 4) is 0 Å². The molecule has 122 valence electrons. The number of fused-ring (bicyclic) bond motifs is 1. The van der Waals surface area contributed by atoms with E-state index in [-0.39, 0.29) is 11.4 Å². The van der Waals surface area contributed by atoms with Crippen LogP contribution < -0.4 is 5.73 Å². The lowest BCUT2D eigenvalue weighted by Crippen LogP contribution is -2.49. The molecule has 23 heavy (non-hydrogen) atoms. The van der Waals surface area contributed by atoms with E-state index in [1.807, 2.05) is 12.3 Å². The molecular weight excluding hydrogens is 290 g/mol. The topological polar surface area (TPSA) is 68.5 Å². The van der Waals surface area contributed by atoms with Gasteiger partial charge in [0.15, 0.2) is 0 Å². The molecule has 5 heteroatoms. The summed E-state index contributed by atoms with van der Waals surface area (Å²) in [6, 6.07) is 10.3. The number of pyridine rings is 1. The Labute approximate surface area is 136 Å². The Morgan fingerprint density at radius 1 is 1.39 bits per heavy atom. The number of para-hydroxylation sites is 1. The molecule has 1 aromatic carbocycles. The Kier molecular flexibility index (Phi) is 4.59. The van der Waals surface area contributed by atoms with Crippen LogP contribution in [0, 0.1) is 0 Å². The molecule has 1 atom stereocenters. The van der Waals surface area contributed by atoms with E-state index in [4.69, 9.17) is 10.5 Å². The number of carbonyl (C=O) groups excluding carboxylic acids is 1. The number of hydrogen-bond donors (Lipinski definition) is 1. The number of nitrogens with zero attached hydrogens (tertiary/aromatic N) is 2. The van der Waals surface area contributed by atoms with Crippen LogP contribution in [-0.2, 0) is 16.1 Å². The highest BCUT2D eigenvalue weighted by Gasteiger charge is 2.42. The minimum Gasteiger partial charge on any atom is -0.383 e. The van der Waals surface area contributed by atoms with Gasteiger partial charge in [-0.25, -0.2) is 0 Å². The predicted molar refractivity (Wildman–Crippen MR) is 89.8 cm³/mol. The molecule has 1 saturated heterocycles. The molecule has 0 saturated carbocycles. The summed E-state index contributed by atoms with van der Waals surface area (Å²) in [7, 11) is 1.68. The normalized spacial score (nSPS) is 21.8. The van der Waals surface area contributed by atoms with E-state index in [9.17, 15) is 4.79 Å². The van der Waals surface area contributed by atoms with Gasteiger partial charge in [-0.2, -0.15) is 0 Å². The first kappa shape index (κ1) is 15.9. The smallest absolute Gasteiger partial charge is 0.219 e. The van der Waals surface area contributed by atoms with Crippen LogP contribution in [0.2, 0.25) is 0 Å². The lowest BCUT2D eigenvalue weighted by atomic mass is 9.92. The molecule has 0 aliphatic carbocycles. The summed E-state index contributed by atoms with van der Waals surface area (Å²) in [5, 5.41) is 1.14. The van der Waals surface area contributed by atoms with Gasteiger partial charge < -0.3 is 10.5 Å². The first-order chi connectivity index (χ1) is 11.1. The van der Waals surface area contributed by atoms with E-state index in [1.165, 1.54) is 5.56 Å². The second-order valence-corrected chi connectivity index (χ2v) is 6.32. The number of aromatic nitrogens is 1. The maximum absolute atomic E-state index is 11.6. The molecular formula is C18H23N3O2. The second-order valence-electron chi connectivity index (χ2n) is 6.32. The molecule has 3 rings (SSSR count). The summed E-state index contributed by atoms with van der Waals surface area (Å²) in [5.74, 6) is -0.273. The fourth-order valence-corrected chi connectivity index (χ4v) is 3.75. The molecule has 1 fully saturated rings. The van der Waals surface area contributed by atoms with E-state index >= 15 is 0 Å². The average molecular weight is 313 g/mol. The van der Waals surface area contributed by atoms with E-state index in [0.717, 1.165) is 36.8 Å². The van der Waals surface area contributed by atoms with Gasteiger partial charge in [-0.15, -0.1) is 0 Å². The summed E-state index contributed by atoms with van der Waals surface area (Å²) in [6.07, 6.45) is 4.14. The van der Waals surface area contributed by atoms with Gasteiger partial charge >= 0.3 is 0 Å². The molecule has 2 heterocycles. The number of rotatable bonds is 6. The number of likely N-dealkylation sites (tertiary alicyclic amines) is 1. The molecule has 2 aromatic rings. The van der Waals surface area contributed by atoms with Crippen molar-refractivity contribution in [2.24, 2.45) is 5.73 Å². The van der Waals surface area contributed by atoms with Gasteiger partial charge in [-0.05, 0) is 31.0 Å². The van der Waals surface area contributed by atoms with E-state index in [0.29, 0.717) is 13.0 Å². The number of hydrogen-bond acceptors (Lipinski definition) is 4. The fourth-order valence-electron chi connectivity index (χ4n) is 3.75. The predicted octanol–water partition coefficient (Wildman–Crippen LogP) is 2.09. The standard InChI is InChI=1S/C18H23N3O2/c1-23-13-18(11-16(19)22)8-4-10-21(18)12-15-6-2-5-14-7-3-9-20-17(14)15/h2-3,5-7,9H,4,8,10-13H2,1H3,(H2,19,22)/t18-/m0/s1. The average Bonchev–Trinajstić information content (AvgIpc) is 2.89. The first-order valence-corrected chi connectivity index (χ1v) is 7.99. The number of primary amides is 1. The molecule has 1 aliphatic rings. The van der Waals surface area contributed by atoms with Gasteiger partial charge in [-0.3, -0.25) is 14.7 Å². The minimum absolute atomic E-state index is 0.273. The van der Waals surface area contributed by atoms with Gasteiger partial charge in [0, 0.05) is 31.7 Å². The maximum atomic E-state index is 11.6. The Morgan fingerprint density at radius 3 is 3.00 bits per heavy atom. The highest BCUT2D eigenvalue weighted by atomic mass is 16.5. The van der Waals surface area contributed by atoms with Crippen molar-refractivity contribution < 1.29 is 9.53 Å². The third-order valence-corrected chi connectivity index (χ3v) is 4.73. The zero-order valence-corrected chi connectivity index (χ0v) is 13.5. The quantitative estimate of drug-likeness (QED) is 0.886. The van der Waals surface area contributed by atoms with Gasteiger partial charge in [0.2, 0.25) is 5.91 Å². The Bertz CT molecular complexity index is 698. The second kappa shape index (κ2) is 6.64. The summed E-state index contributed by atoms with van der Waals surface area (Å²) in [5.41, 5.74) is 7.40. The van der Waals surface area contributed by atoms with Crippen LogP contribution in [0.15, 0.2) is 36.5 Å². The third kappa shape index (κ3) is 3.21. The van der Waals surface area contributed by atoms with E-state index in [2.05, 4.69) is 34.1 Å². The van der Waals surface area contributed by atoms with Crippen molar-refractivity contribution in [2.75, 3.05) is 20.3 Å². The summed E-state index contributed by atoms with van der Waals surface area (Å²) < 4.78 is 5.42. The van der Waals surface area contributed by atoms with E-state index in [1.54, 1.807) is 7.11 Å². The molecule has 5 nitrogen and oxygen atoms in total. The third-order valence-electron chi connectivity index (χ3n) is 4.73. The van der Waals surface area contributed by atoms with Crippen LogP contribution in [-0.4, -0.2) is 41.6 Å². The summed E-state index contributed by atoms with van der Waals surface area (Å²) in [6.45, 7) is 2.22. The number of benzene rings is 1. The molecule has 1 aromatic heterocycles. The van der Waals surface area contributed by atoms with Crippen molar-refractivity contribution in [3.05, 3.63) is 42.1 Å². The van der Waals surface area contributed by atoms with Crippen molar-refractivity contribution >= 4 is 16.8 Å². The lowest BCUT2D eigenvalue weighted by molar-refractivity contribution is -0.121. The number of carbonyl (C=O) groups is 1. The molecule has 1 aliphatic heterocycles. The molecule has 2 N–H and O–H groups in total. The van der Waals surface area contributed by atoms with Crippen LogP contribution >= 0.6 is 0 Å². The molecule has 0 bridgehead atoms. The van der Waals surface area contributed by atoms with Crippen LogP contribution in [0.1, 0.15) is 24.8 Å². The van der Waals surface area contributed by atoms with Crippen molar-refractivity contribution in [2.45, 2.75) is 31.3 Å². The Balaban J connectivity index is 1.91. The van der Waals surface area contributed by atoms with Crippen molar-refractivity contribution in [1.29, 1.82) is 0 Å². The van der Waals surface area contributed by atoms with Crippen molar-refractivity contribution in [3.63, 3.8) is 0 Å². The highest BCUT2D eigenvalue weighted by Crippen LogP contribution is 2.35. The van der Waals surface area contributed by atoms with Gasteiger partial charge in [-0.1, -0.05) is 24.3 Å². The van der Waals surface area contributed by atoms with Crippen LogP contribution in [0.25, 0.3) is 10.9 Å². The van der Waals surface area contributed by atoms with Crippen LogP contribution in [0.5, 0.6) is 0 Å². The van der Waals surface area contributed by atoms with Gasteiger partial charge in [0.1, 0.15) is 0 Å². The zero-order valence-electron chi connectivity index (χ0n) is 13.5. The number of nitrogens with two attached hydrogens (primary N) is 1. The Morgan fingerprint density at radius 2 is 2.22 bits per heavy atom. The monoisotopic (exact) mass is 313 g/mol. The summed E-state index contributed by atoms with van der Waals surface area (Å²) >= 11 is 0. The number of amides is 1. The summed E-state index contributed by atoms with van der Waals surface area (Å²) in [4.78, 5) is 18.4. The van der Waals surface area contributed by atoms with Crippen molar-refractivity contribution in [1.82, 2.24) is 9.88 Å². The molecule has 0 spiro atoms. The largest absolute Gasteiger partial charge is 0.383 e. The fraction of sp³-hybridized carbons (Fsp3) is 0.444. The van der Waals surface area contributed by atoms with Crippen LogP contribution in [0.4, 0.5) is 0 Å². The van der Waals surface area contributed by atoms with Crippen LogP contribution in [0.3, 0.4) is 0 Å². The minimum atomic E-state index is -0.294. The van der Waals surface area contributed by atoms with E-state index < -0.39 is 0 Å². The number of methoxy groups -OCH3 is 1. The first-order valence-electron chi connectivity index (χ1n) is 7.99. The SMILES string of the molecule is COC[C@@]1(CC(N)=O)CCCN1Cc1cccc2cccnc12. The molecule has 0 radical (unpaired) electrons. The molecule has 1 amide bonds. The van der Waals surface area contributed by atoms with Gasteiger partial charge in [0.05, 0.1) is 17.7 Å². The maximum Gasteiger partial charge on any atom is 0.219 e. The lowest BCUT2D eigenvalue weighted by Gasteiger charge is -2.37.